The highest BCUT2D eigenvalue weighted by molar-refractivity contribution is 5.47. The molecule has 0 spiro atoms. The van der Waals surface area contributed by atoms with Crippen LogP contribution in [0.1, 0.15) is 17.0 Å². The van der Waals surface area contributed by atoms with E-state index in [1.807, 2.05) is 13.8 Å². The number of aliphatic hydroxyl groups excluding tert-OH is 1. The highest BCUT2D eigenvalue weighted by Gasteiger charge is 2.09. The average molecular weight is 233 g/mol. The lowest BCUT2D eigenvalue weighted by atomic mass is 10.1. The number of phenols is 1. The van der Waals surface area contributed by atoms with Gasteiger partial charge in [-0.05, 0) is 38.0 Å². The molecular weight excluding hydrogens is 218 g/mol. The number of hydrogen-bond donors (Lipinski definition) is 2. The number of hydrogen-bond acceptors (Lipinski definition) is 4. The molecule has 0 bridgehead atoms. The Kier molecular flexibility index (Phi) is 3.10. The van der Waals surface area contributed by atoms with Crippen LogP contribution in [0.5, 0.6) is 5.75 Å². The summed E-state index contributed by atoms with van der Waals surface area (Å²) in [7, 11) is 0. The first-order valence-electron chi connectivity index (χ1n) is 5.45. The van der Waals surface area contributed by atoms with Crippen LogP contribution in [0, 0.1) is 13.8 Å². The van der Waals surface area contributed by atoms with Gasteiger partial charge in [-0.1, -0.05) is 6.07 Å². The molecule has 0 fully saturated rings. The largest absolute Gasteiger partial charge is 0.506 e. The summed E-state index contributed by atoms with van der Waals surface area (Å²) < 4.78 is 0. The highest BCUT2D eigenvalue weighted by Crippen LogP contribution is 2.22. The molecule has 2 aromatic rings. The Morgan fingerprint density at radius 1 is 1.18 bits per heavy atom. The van der Waals surface area contributed by atoms with E-state index < -0.39 is 0 Å². The first-order valence-corrected chi connectivity index (χ1v) is 5.45. The quantitative estimate of drug-likeness (QED) is 0.833. The number of aromatic hydroxyl groups is 1. The van der Waals surface area contributed by atoms with Gasteiger partial charge in [0, 0.05) is 6.61 Å². The molecule has 0 aliphatic heterocycles. The lowest BCUT2D eigenvalue weighted by Crippen LogP contribution is -2.01. The van der Waals surface area contributed by atoms with Gasteiger partial charge in [-0.15, -0.1) is 4.80 Å². The van der Waals surface area contributed by atoms with Crippen LogP contribution in [-0.4, -0.2) is 31.8 Å². The van der Waals surface area contributed by atoms with Gasteiger partial charge in [0.1, 0.15) is 11.4 Å². The van der Waals surface area contributed by atoms with Crippen LogP contribution in [-0.2, 0) is 6.42 Å². The SMILES string of the molecule is Cc1nn(-c2cc(CCO)ccc2O)nc1C. The summed E-state index contributed by atoms with van der Waals surface area (Å²) >= 11 is 0. The number of aliphatic hydroxyl groups is 1. The molecule has 1 heterocycles. The minimum atomic E-state index is 0.0782. The second kappa shape index (κ2) is 4.55. The van der Waals surface area contributed by atoms with Crippen molar-refractivity contribution >= 4 is 0 Å². The molecule has 5 nitrogen and oxygen atoms in total. The van der Waals surface area contributed by atoms with Crippen molar-refractivity contribution in [2.24, 2.45) is 0 Å². The monoisotopic (exact) mass is 233 g/mol. The standard InChI is InChI=1S/C12H15N3O2/c1-8-9(2)14-15(13-8)11-7-10(5-6-16)3-4-12(11)17/h3-4,7,16-17H,5-6H2,1-2H3. The Bertz CT molecular complexity index is 515. The number of phenolic OH excluding ortho intramolecular Hbond substituents is 1. The average Bonchev–Trinajstić information content (AvgIpc) is 2.62. The molecule has 0 saturated heterocycles. The van der Waals surface area contributed by atoms with E-state index in [9.17, 15) is 5.11 Å². The zero-order valence-corrected chi connectivity index (χ0v) is 9.88. The fourth-order valence-electron chi connectivity index (χ4n) is 1.57. The van der Waals surface area contributed by atoms with Crippen molar-refractivity contribution in [3.8, 4) is 11.4 Å². The van der Waals surface area contributed by atoms with Crippen LogP contribution >= 0.6 is 0 Å². The maximum Gasteiger partial charge on any atom is 0.143 e. The van der Waals surface area contributed by atoms with E-state index in [-0.39, 0.29) is 12.4 Å². The van der Waals surface area contributed by atoms with Gasteiger partial charge >= 0.3 is 0 Å². The Morgan fingerprint density at radius 2 is 1.82 bits per heavy atom. The van der Waals surface area contributed by atoms with Crippen LogP contribution in [0.2, 0.25) is 0 Å². The number of aryl methyl sites for hydroxylation is 2. The minimum Gasteiger partial charge on any atom is -0.506 e. The number of nitrogens with zero attached hydrogens (tertiary/aromatic N) is 3. The topological polar surface area (TPSA) is 71.2 Å². The highest BCUT2D eigenvalue weighted by atomic mass is 16.3. The van der Waals surface area contributed by atoms with E-state index in [0.717, 1.165) is 17.0 Å². The van der Waals surface area contributed by atoms with E-state index >= 15 is 0 Å². The maximum atomic E-state index is 9.79. The minimum absolute atomic E-state index is 0.0782. The van der Waals surface area contributed by atoms with E-state index in [1.54, 1.807) is 18.2 Å². The van der Waals surface area contributed by atoms with Crippen molar-refractivity contribution in [2.45, 2.75) is 20.3 Å². The maximum absolute atomic E-state index is 9.79. The molecule has 1 aromatic carbocycles. The first kappa shape index (κ1) is 11.6. The van der Waals surface area contributed by atoms with Crippen molar-refractivity contribution in [1.29, 1.82) is 0 Å². The molecule has 0 atom stereocenters. The van der Waals surface area contributed by atoms with E-state index in [2.05, 4.69) is 10.2 Å². The van der Waals surface area contributed by atoms with Gasteiger partial charge in [0.25, 0.3) is 0 Å². The summed E-state index contributed by atoms with van der Waals surface area (Å²) in [6, 6.07) is 5.15. The molecule has 90 valence electrons. The predicted molar refractivity (Wildman–Crippen MR) is 63.3 cm³/mol. The third-order valence-electron chi connectivity index (χ3n) is 2.67. The Morgan fingerprint density at radius 3 is 2.41 bits per heavy atom. The van der Waals surface area contributed by atoms with E-state index in [0.29, 0.717) is 12.1 Å². The molecular formula is C12H15N3O2. The Balaban J connectivity index is 2.46. The molecule has 1 aromatic heterocycles. The zero-order chi connectivity index (χ0) is 12.4. The van der Waals surface area contributed by atoms with Gasteiger partial charge in [0.15, 0.2) is 0 Å². The molecule has 2 N–H and O–H groups in total. The van der Waals surface area contributed by atoms with Crippen LogP contribution in [0.4, 0.5) is 0 Å². The lowest BCUT2D eigenvalue weighted by Gasteiger charge is -2.05. The summed E-state index contributed by atoms with van der Waals surface area (Å²) in [6.07, 6.45) is 0.548. The fourth-order valence-corrected chi connectivity index (χ4v) is 1.57. The summed E-state index contributed by atoms with van der Waals surface area (Å²) in [5.74, 6) is 0.127. The van der Waals surface area contributed by atoms with E-state index in [4.69, 9.17) is 5.11 Å². The van der Waals surface area contributed by atoms with Crippen molar-refractivity contribution in [2.75, 3.05) is 6.61 Å². The molecule has 0 unspecified atom stereocenters. The smallest absolute Gasteiger partial charge is 0.143 e. The summed E-state index contributed by atoms with van der Waals surface area (Å²) in [6.45, 7) is 3.82. The van der Waals surface area contributed by atoms with E-state index in [1.165, 1.54) is 4.80 Å². The third kappa shape index (κ3) is 2.29. The summed E-state index contributed by atoms with van der Waals surface area (Å²) in [5.41, 5.74) is 3.13. The summed E-state index contributed by atoms with van der Waals surface area (Å²) in [4.78, 5) is 1.42. The number of aromatic nitrogens is 3. The molecule has 0 amide bonds. The second-order valence-corrected chi connectivity index (χ2v) is 3.96. The Hall–Kier alpha value is -1.88. The number of benzene rings is 1. The molecule has 5 heteroatoms. The first-order chi connectivity index (χ1) is 8.11. The van der Waals surface area contributed by atoms with Crippen LogP contribution in [0.15, 0.2) is 18.2 Å². The van der Waals surface area contributed by atoms with Crippen molar-refractivity contribution in [3.05, 3.63) is 35.2 Å². The van der Waals surface area contributed by atoms with Gasteiger partial charge in [-0.3, -0.25) is 0 Å². The van der Waals surface area contributed by atoms with Crippen LogP contribution in [0.3, 0.4) is 0 Å². The third-order valence-corrected chi connectivity index (χ3v) is 2.67. The van der Waals surface area contributed by atoms with Crippen molar-refractivity contribution in [3.63, 3.8) is 0 Å². The van der Waals surface area contributed by atoms with Crippen LogP contribution in [0.25, 0.3) is 5.69 Å². The normalized spacial score (nSPS) is 10.8. The van der Waals surface area contributed by atoms with Crippen molar-refractivity contribution in [1.82, 2.24) is 15.0 Å². The second-order valence-electron chi connectivity index (χ2n) is 3.96. The molecule has 17 heavy (non-hydrogen) atoms. The molecule has 0 aliphatic rings. The molecule has 2 rings (SSSR count). The van der Waals surface area contributed by atoms with Gasteiger partial charge in [0.2, 0.25) is 0 Å². The molecule has 0 saturated carbocycles. The molecule has 0 aliphatic carbocycles. The fraction of sp³-hybridized carbons (Fsp3) is 0.333. The molecule has 0 radical (unpaired) electrons. The lowest BCUT2D eigenvalue weighted by molar-refractivity contribution is 0.299. The van der Waals surface area contributed by atoms with Gasteiger partial charge < -0.3 is 10.2 Å². The van der Waals surface area contributed by atoms with Crippen molar-refractivity contribution < 1.29 is 10.2 Å². The summed E-state index contributed by atoms with van der Waals surface area (Å²) in [5, 5.41) is 27.1. The van der Waals surface area contributed by atoms with Gasteiger partial charge in [0.05, 0.1) is 11.4 Å². The predicted octanol–water partition coefficient (Wildman–Crippen LogP) is 1.12. The van der Waals surface area contributed by atoms with Crippen LogP contribution < -0.4 is 0 Å². The Labute approximate surface area is 99.3 Å². The number of rotatable bonds is 3. The zero-order valence-electron chi connectivity index (χ0n) is 9.88. The van der Waals surface area contributed by atoms with Gasteiger partial charge in [-0.25, -0.2) is 0 Å². The van der Waals surface area contributed by atoms with Gasteiger partial charge in [-0.2, -0.15) is 10.2 Å².